The molecule has 14 nitrogen and oxygen atoms in total. The number of hydrogen-bond acceptors (Lipinski definition) is 11. The summed E-state index contributed by atoms with van der Waals surface area (Å²) in [5.41, 5.74) is 1.68. The predicted octanol–water partition coefficient (Wildman–Crippen LogP) is 2.81. The standard InChI is InChI=1S/C31H34FN9O5/c1-31(2,44)27(32)17-36-29(42)23-16-34-25(26-6-5-21-10-19(12-33)13-38-41(21)26)11-24(23)39-20-4-7-28(35-14-20)40-8-9-46-22(18-40)15-37-30(43)45-3/h4-7,10-11,13-14,16,22,27,44H,8-9,15,17-18H2,1-3H3,(H,34,39)(H,36,42)(H,37,43)/t22-,27+/m0/s1. The van der Waals surface area contributed by atoms with Gasteiger partial charge in [-0.2, -0.15) is 10.4 Å². The number of fused-ring (bicyclic) bond motifs is 1. The van der Waals surface area contributed by atoms with E-state index in [-0.39, 0.29) is 11.7 Å². The number of nitrogens with zero attached hydrogens (tertiary/aromatic N) is 6. The summed E-state index contributed by atoms with van der Waals surface area (Å²) in [6, 6.07) is 12.7. The molecule has 4 aromatic rings. The third-order valence-electron chi connectivity index (χ3n) is 7.40. The molecule has 2 amide bonds. The summed E-state index contributed by atoms with van der Waals surface area (Å²) >= 11 is 0. The molecule has 5 rings (SSSR count). The number of aliphatic hydroxyl groups is 1. The first-order chi connectivity index (χ1) is 22.0. The lowest BCUT2D eigenvalue weighted by molar-refractivity contribution is -0.00177. The number of methoxy groups -OCH3 is 1. The second-order valence-electron chi connectivity index (χ2n) is 11.2. The lowest BCUT2D eigenvalue weighted by Crippen LogP contribution is -2.47. The maximum Gasteiger partial charge on any atom is 0.406 e. The molecule has 1 saturated heterocycles. The third kappa shape index (κ3) is 7.48. The van der Waals surface area contributed by atoms with Gasteiger partial charge in [0, 0.05) is 25.8 Å². The summed E-state index contributed by atoms with van der Waals surface area (Å²) in [6.07, 6.45) is 1.99. The van der Waals surface area contributed by atoms with Gasteiger partial charge in [0.25, 0.3) is 5.91 Å². The van der Waals surface area contributed by atoms with Crippen LogP contribution in [0.5, 0.6) is 0 Å². The normalized spacial score (nSPS) is 15.6. The van der Waals surface area contributed by atoms with Gasteiger partial charge in [-0.1, -0.05) is 0 Å². The van der Waals surface area contributed by atoms with Gasteiger partial charge in [-0.05, 0) is 50.2 Å². The highest BCUT2D eigenvalue weighted by molar-refractivity contribution is 6.00. The molecular weight excluding hydrogens is 597 g/mol. The molecule has 2 atom stereocenters. The molecule has 46 heavy (non-hydrogen) atoms. The molecule has 1 aliphatic heterocycles. The first kappa shape index (κ1) is 32.1. The second kappa shape index (κ2) is 13.8. The first-order valence-corrected chi connectivity index (χ1v) is 14.5. The quantitative estimate of drug-likeness (QED) is 0.202. The highest BCUT2D eigenvalue weighted by Crippen LogP contribution is 2.28. The number of anilines is 3. The van der Waals surface area contributed by atoms with Gasteiger partial charge in [-0.3, -0.25) is 9.78 Å². The molecule has 0 radical (unpaired) electrons. The SMILES string of the molecule is COC(=O)NC[C@H]1CN(c2ccc(Nc3cc(-c4ccc5cc(C#N)cnn45)ncc3C(=O)NC[C@@H](F)C(C)(C)O)cn2)CCO1. The van der Waals surface area contributed by atoms with Crippen molar-refractivity contribution in [3.05, 3.63) is 66.1 Å². The van der Waals surface area contributed by atoms with Crippen molar-refractivity contribution in [2.24, 2.45) is 0 Å². The predicted molar refractivity (Wildman–Crippen MR) is 167 cm³/mol. The molecule has 0 aromatic carbocycles. The molecule has 5 heterocycles. The Bertz CT molecular complexity index is 1750. The van der Waals surface area contributed by atoms with Crippen LogP contribution in [0.1, 0.15) is 29.8 Å². The van der Waals surface area contributed by atoms with Crippen molar-refractivity contribution in [2.45, 2.75) is 31.7 Å². The Balaban J connectivity index is 1.39. The molecule has 0 unspecified atom stereocenters. The van der Waals surface area contributed by atoms with Crippen LogP contribution in [-0.2, 0) is 9.47 Å². The van der Waals surface area contributed by atoms with Gasteiger partial charge in [0.1, 0.15) is 18.1 Å². The van der Waals surface area contributed by atoms with Gasteiger partial charge in [0.15, 0.2) is 0 Å². The monoisotopic (exact) mass is 631 g/mol. The fourth-order valence-electron chi connectivity index (χ4n) is 4.78. The molecule has 0 saturated carbocycles. The third-order valence-corrected chi connectivity index (χ3v) is 7.40. The van der Waals surface area contributed by atoms with E-state index in [0.717, 1.165) is 0 Å². The Morgan fingerprint density at radius 2 is 2.02 bits per heavy atom. The molecule has 4 aromatic heterocycles. The van der Waals surface area contributed by atoms with E-state index >= 15 is 0 Å². The number of carbonyl (C=O) groups is 2. The Morgan fingerprint density at radius 1 is 1.20 bits per heavy atom. The summed E-state index contributed by atoms with van der Waals surface area (Å²) in [7, 11) is 1.30. The lowest BCUT2D eigenvalue weighted by Gasteiger charge is -2.33. The number of alkyl carbamates (subject to hydrolysis) is 1. The van der Waals surface area contributed by atoms with Crippen LogP contribution in [0.2, 0.25) is 0 Å². The number of morpholine rings is 1. The van der Waals surface area contributed by atoms with Crippen LogP contribution in [0.25, 0.3) is 16.9 Å². The van der Waals surface area contributed by atoms with Gasteiger partial charge < -0.3 is 35.4 Å². The van der Waals surface area contributed by atoms with E-state index in [1.54, 1.807) is 35.0 Å². The van der Waals surface area contributed by atoms with E-state index in [1.165, 1.54) is 33.4 Å². The van der Waals surface area contributed by atoms with Crippen LogP contribution in [-0.4, -0.2) is 94.5 Å². The minimum atomic E-state index is -1.69. The first-order valence-electron chi connectivity index (χ1n) is 14.5. The highest BCUT2D eigenvalue weighted by atomic mass is 19.1. The van der Waals surface area contributed by atoms with Crippen LogP contribution >= 0.6 is 0 Å². The number of amides is 2. The van der Waals surface area contributed by atoms with E-state index in [0.29, 0.717) is 65.9 Å². The summed E-state index contributed by atoms with van der Waals surface area (Å²) in [4.78, 5) is 35.8. The largest absolute Gasteiger partial charge is 0.453 e. The van der Waals surface area contributed by atoms with Crippen LogP contribution in [0.15, 0.2) is 55.0 Å². The fourth-order valence-corrected chi connectivity index (χ4v) is 4.78. The second-order valence-corrected chi connectivity index (χ2v) is 11.2. The van der Waals surface area contributed by atoms with Gasteiger partial charge in [0.2, 0.25) is 0 Å². The molecule has 4 N–H and O–H groups in total. The lowest BCUT2D eigenvalue weighted by atomic mass is 10.0. The summed E-state index contributed by atoms with van der Waals surface area (Å²) < 4.78 is 26.4. The average molecular weight is 632 g/mol. The van der Waals surface area contributed by atoms with Crippen molar-refractivity contribution in [1.82, 2.24) is 30.2 Å². The fraction of sp³-hybridized carbons (Fsp3) is 0.355. The van der Waals surface area contributed by atoms with E-state index in [4.69, 9.17) is 4.74 Å². The molecular formula is C31H34FN9O5. The Morgan fingerprint density at radius 3 is 2.74 bits per heavy atom. The van der Waals surface area contributed by atoms with Crippen molar-refractivity contribution in [3.8, 4) is 17.5 Å². The number of nitriles is 1. The molecule has 0 spiro atoms. The molecule has 0 bridgehead atoms. The Labute approximate surface area is 264 Å². The van der Waals surface area contributed by atoms with E-state index in [1.807, 2.05) is 17.0 Å². The number of nitrogens with one attached hydrogen (secondary N) is 3. The number of carbonyl (C=O) groups excluding carboxylic acids is 2. The molecule has 1 aliphatic rings. The molecule has 240 valence electrons. The highest BCUT2D eigenvalue weighted by Gasteiger charge is 2.28. The molecule has 1 fully saturated rings. The zero-order chi connectivity index (χ0) is 32.8. The topological polar surface area (TPSA) is 179 Å². The number of hydrogen-bond donors (Lipinski definition) is 4. The molecule has 0 aliphatic carbocycles. The van der Waals surface area contributed by atoms with E-state index < -0.39 is 30.3 Å². The number of rotatable bonds is 10. The van der Waals surface area contributed by atoms with Crippen LogP contribution in [0.4, 0.5) is 26.4 Å². The smallest absolute Gasteiger partial charge is 0.406 e. The van der Waals surface area contributed by atoms with E-state index in [9.17, 15) is 24.3 Å². The summed E-state index contributed by atoms with van der Waals surface area (Å²) in [6.45, 7) is 4.14. The van der Waals surface area contributed by atoms with Crippen LogP contribution in [0, 0.1) is 11.3 Å². The van der Waals surface area contributed by atoms with Crippen molar-refractivity contribution >= 4 is 34.7 Å². The zero-order valence-electron chi connectivity index (χ0n) is 25.5. The number of halogens is 1. The van der Waals surface area contributed by atoms with Crippen molar-refractivity contribution < 1.29 is 28.6 Å². The Kier molecular flexibility index (Phi) is 9.59. The maximum absolute atomic E-state index is 14.4. The van der Waals surface area contributed by atoms with Crippen molar-refractivity contribution in [3.63, 3.8) is 0 Å². The van der Waals surface area contributed by atoms with Gasteiger partial charge >= 0.3 is 6.09 Å². The van der Waals surface area contributed by atoms with Crippen molar-refractivity contribution in [2.75, 3.05) is 50.1 Å². The number of alkyl halides is 1. The van der Waals surface area contributed by atoms with Crippen LogP contribution in [0.3, 0.4) is 0 Å². The summed E-state index contributed by atoms with van der Waals surface area (Å²) in [5, 5.41) is 31.9. The van der Waals surface area contributed by atoms with Crippen molar-refractivity contribution in [1.29, 1.82) is 5.26 Å². The minimum absolute atomic E-state index is 0.144. The van der Waals surface area contributed by atoms with Gasteiger partial charge in [0.05, 0.1) is 83.8 Å². The molecule has 15 heteroatoms. The number of pyridine rings is 2. The summed E-state index contributed by atoms with van der Waals surface area (Å²) in [5.74, 6) is 0.114. The van der Waals surface area contributed by atoms with Gasteiger partial charge in [-0.25, -0.2) is 18.7 Å². The maximum atomic E-state index is 14.4. The van der Waals surface area contributed by atoms with E-state index in [2.05, 4.69) is 41.8 Å². The number of ether oxygens (including phenoxy) is 2. The van der Waals surface area contributed by atoms with Gasteiger partial charge in [-0.15, -0.1) is 0 Å². The minimum Gasteiger partial charge on any atom is -0.453 e. The Hall–Kier alpha value is -5.33. The average Bonchev–Trinajstić information content (AvgIpc) is 3.49. The number of aromatic nitrogens is 4. The zero-order valence-corrected chi connectivity index (χ0v) is 25.5. The van der Waals surface area contributed by atoms with Crippen LogP contribution < -0.4 is 20.9 Å².